The van der Waals surface area contributed by atoms with Crippen LogP contribution in [0.3, 0.4) is 0 Å². The Kier molecular flexibility index (Phi) is 6.60. The SMILES string of the molecule is CC(=O)Nc1nc2ncn(COC(COC(C)=O)COC(C)=O)c2c(=O)[nH]1. The number of esters is 2. The average Bonchev–Trinajstić information content (AvgIpc) is 2.96. The van der Waals surface area contributed by atoms with Crippen molar-refractivity contribution < 1.29 is 28.6 Å². The monoisotopic (exact) mass is 381 g/mol. The molecule has 12 nitrogen and oxygen atoms in total. The lowest BCUT2D eigenvalue weighted by Gasteiger charge is -2.17. The molecule has 0 aliphatic carbocycles. The fourth-order valence-corrected chi connectivity index (χ4v) is 2.06. The zero-order chi connectivity index (χ0) is 20.0. The van der Waals surface area contributed by atoms with Crippen LogP contribution in [-0.2, 0) is 35.3 Å². The van der Waals surface area contributed by atoms with E-state index in [0.717, 1.165) is 0 Å². The molecule has 2 N–H and O–H groups in total. The third-order valence-electron chi connectivity index (χ3n) is 3.17. The molecule has 0 aromatic carbocycles. The zero-order valence-corrected chi connectivity index (χ0v) is 15.0. The molecule has 2 heterocycles. The van der Waals surface area contributed by atoms with Crippen LogP contribution in [0.2, 0.25) is 0 Å². The Morgan fingerprint density at radius 3 is 2.37 bits per heavy atom. The van der Waals surface area contributed by atoms with Crippen LogP contribution >= 0.6 is 0 Å². The number of carbonyl (C=O) groups is 3. The van der Waals surface area contributed by atoms with Gasteiger partial charge in [-0.2, -0.15) is 4.98 Å². The fraction of sp³-hybridized carbons (Fsp3) is 0.467. The molecule has 1 amide bonds. The third kappa shape index (κ3) is 5.88. The highest BCUT2D eigenvalue weighted by Gasteiger charge is 2.16. The van der Waals surface area contributed by atoms with Crippen molar-refractivity contribution in [1.82, 2.24) is 19.5 Å². The van der Waals surface area contributed by atoms with Gasteiger partial charge in [0.2, 0.25) is 11.9 Å². The van der Waals surface area contributed by atoms with Crippen LogP contribution in [0.25, 0.3) is 11.2 Å². The average molecular weight is 381 g/mol. The Morgan fingerprint density at radius 1 is 1.19 bits per heavy atom. The summed E-state index contributed by atoms with van der Waals surface area (Å²) in [4.78, 5) is 55.7. The van der Waals surface area contributed by atoms with Gasteiger partial charge in [-0.05, 0) is 0 Å². The first-order chi connectivity index (χ1) is 12.8. The molecule has 0 aliphatic heterocycles. The van der Waals surface area contributed by atoms with E-state index in [1.165, 1.54) is 31.7 Å². The minimum Gasteiger partial charge on any atom is -0.463 e. The molecule has 0 saturated carbocycles. The molecular formula is C15H19N5O7. The number of rotatable bonds is 8. The quantitative estimate of drug-likeness (QED) is 0.578. The Morgan fingerprint density at radius 2 is 1.81 bits per heavy atom. The van der Waals surface area contributed by atoms with Crippen molar-refractivity contribution in [2.75, 3.05) is 18.5 Å². The molecule has 0 bridgehead atoms. The molecule has 0 spiro atoms. The molecule has 2 aromatic rings. The lowest BCUT2D eigenvalue weighted by atomic mass is 10.4. The Hall–Kier alpha value is -3.28. The molecule has 0 fully saturated rings. The van der Waals surface area contributed by atoms with Gasteiger partial charge in [-0.15, -0.1) is 0 Å². The molecule has 2 rings (SSSR count). The molecule has 0 unspecified atom stereocenters. The number of aromatic nitrogens is 4. The maximum atomic E-state index is 12.2. The second-order valence-corrected chi connectivity index (χ2v) is 5.51. The van der Waals surface area contributed by atoms with Gasteiger partial charge in [0.1, 0.15) is 26.0 Å². The van der Waals surface area contributed by atoms with Gasteiger partial charge in [-0.3, -0.25) is 29.5 Å². The summed E-state index contributed by atoms with van der Waals surface area (Å²) in [5.41, 5.74) is -0.285. The minimum atomic E-state index is -0.735. The normalized spacial score (nSPS) is 10.8. The predicted octanol–water partition coefficient (Wildman–Crippen LogP) is -0.453. The number of hydrogen-bond donors (Lipinski definition) is 2. The van der Waals surface area contributed by atoms with Gasteiger partial charge in [0.25, 0.3) is 5.56 Å². The van der Waals surface area contributed by atoms with E-state index < -0.39 is 23.6 Å². The first-order valence-electron chi connectivity index (χ1n) is 7.87. The number of ether oxygens (including phenoxy) is 3. The van der Waals surface area contributed by atoms with Crippen LogP contribution in [0.4, 0.5) is 5.95 Å². The predicted molar refractivity (Wildman–Crippen MR) is 90.6 cm³/mol. The highest BCUT2D eigenvalue weighted by molar-refractivity contribution is 5.87. The van der Waals surface area contributed by atoms with Gasteiger partial charge in [-0.25, -0.2) is 4.98 Å². The van der Waals surface area contributed by atoms with Crippen LogP contribution in [0.15, 0.2) is 11.1 Å². The van der Waals surface area contributed by atoms with E-state index in [-0.39, 0.29) is 43.0 Å². The minimum absolute atomic E-state index is 0.0197. The van der Waals surface area contributed by atoms with Crippen molar-refractivity contribution >= 4 is 35.0 Å². The topological polar surface area (TPSA) is 154 Å². The van der Waals surface area contributed by atoms with Crippen LogP contribution < -0.4 is 10.9 Å². The lowest BCUT2D eigenvalue weighted by molar-refractivity contribution is -0.154. The number of nitrogens with zero attached hydrogens (tertiary/aromatic N) is 3. The Labute approximate surface area is 152 Å². The lowest BCUT2D eigenvalue weighted by Crippen LogP contribution is -2.29. The second kappa shape index (κ2) is 8.89. The molecule has 12 heteroatoms. The van der Waals surface area contributed by atoms with Crippen molar-refractivity contribution in [3.05, 3.63) is 16.7 Å². The van der Waals surface area contributed by atoms with Crippen molar-refractivity contribution in [3.8, 4) is 0 Å². The number of amides is 1. The molecular weight excluding hydrogens is 362 g/mol. The summed E-state index contributed by atoms with van der Waals surface area (Å²) in [5, 5.41) is 2.37. The summed E-state index contributed by atoms with van der Waals surface area (Å²) < 4.78 is 16.7. The molecule has 0 saturated heterocycles. The Bertz CT molecular complexity index is 886. The Balaban J connectivity index is 2.13. The standard InChI is InChI=1S/C15H19N5O7/c1-8(21)17-15-18-13-12(14(24)19-15)20(6-16-13)7-27-11(4-25-9(2)22)5-26-10(3)23/h6,11H,4-5,7H2,1-3H3,(H2,17,18,19,21,24). The summed E-state index contributed by atoms with van der Waals surface area (Å²) >= 11 is 0. The number of carbonyl (C=O) groups excluding carboxylic acids is 3. The number of H-pyrrole nitrogens is 1. The first kappa shape index (κ1) is 20.0. The van der Waals surface area contributed by atoms with Crippen molar-refractivity contribution in [2.45, 2.75) is 33.6 Å². The molecule has 0 aliphatic rings. The fourth-order valence-electron chi connectivity index (χ4n) is 2.06. The summed E-state index contributed by atoms with van der Waals surface area (Å²) in [6.07, 6.45) is 0.597. The van der Waals surface area contributed by atoms with Gasteiger partial charge in [-0.1, -0.05) is 0 Å². The van der Waals surface area contributed by atoms with Gasteiger partial charge >= 0.3 is 11.9 Å². The van der Waals surface area contributed by atoms with E-state index in [9.17, 15) is 19.2 Å². The first-order valence-corrected chi connectivity index (χ1v) is 7.87. The largest absolute Gasteiger partial charge is 0.463 e. The molecule has 2 aromatic heterocycles. The highest BCUT2D eigenvalue weighted by atomic mass is 16.6. The number of imidazole rings is 1. The number of anilines is 1. The van der Waals surface area contributed by atoms with E-state index in [2.05, 4.69) is 20.3 Å². The molecule has 27 heavy (non-hydrogen) atoms. The van der Waals surface area contributed by atoms with E-state index >= 15 is 0 Å². The maximum absolute atomic E-state index is 12.2. The van der Waals surface area contributed by atoms with Crippen LogP contribution in [0.5, 0.6) is 0 Å². The number of hydrogen-bond acceptors (Lipinski definition) is 9. The van der Waals surface area contributed by atoms with Gasteiger partial charge in [0.15, 0.2) is 11.2 Å². The van der Waals surface area contributed by atoms with Crippen molar-refractivity contribution in [2.24, 2.45) is 0 Å². The van der Waals surface area contributed by atoms with Crippen LogP contribution in [0, 0.1) is 0 Å². The highest BCUT2D eigenvalue weighted by Crippen LogP contribution is 2.09. The summed E-state index contributed by atoms with van der Waals surface area (Å²) in [6.45, 7) is 3.37. The maximum Gasteiger partial charge on any atom is 0.302 e. The van der Waals surface area contributed by atoms with Crippen molar-refractivity contribution in [1.29, 1.82) is 0 Å². The van der Waals surface area contributed by atoms with Crippen LogP contribution in [-0.4, -0.2) is 56.7 Å². The van der Waals surface area contributed by atoms with Gasteiger partial charge in [0.05, 0.1) is 6.33 Å². The van der Waals surface area contributed by atoms with Crippen LogP contribution in [0.1, 0.15) is 20.8 Å². The van der Waals surface area contributed by atoms with E-state index in [0.29, 0.717) is 0 Å². The zero-order valence-electron chi connectivity index (χ0n) is 15.0. The van der Waals surface area contributed by atoms with E-state index in [1.807, 2.05) is 0 Å². The number of fused-ring (bicyclic) bond motifs is 1. The molecule has 0 radical (unpaired) electrons. The second-order valence-electron chi connectivity index (χ2n) is 5.51. The third-order valence-corrected chi connectivity index (χ3v) is 3.17. The van der Waals surface area contributed by atoms with Gasteiger partial charge < -0.3 is 18.8 Å². The smallest absolute Gasteiger partial charge is 0.302 e. The van der Waals surface area contributed by atoms with E-state index in [1.54, 1.807) is 0 Å². The number of aromatic amines is 1. The summed E-state index contributed by atoms with van der Waals surface area (Å²) in [5.74, 6) is -1.43. The van der Waals surface area contributed by atoms with Crippen molar-refractivity contribution in [3.63, 3.8) is 0 Å². The van der Waals surface area contributed by atoms with E-state index in [4.69, 9.17) is 14.2 Å². The van der Waals surface area contributed by atoms with Gasteiger partial charge in [0, 0.05) is 20.8 Å². The molecule has 146 valence electrons. The summed E-state index contributed by atoms with van der Waals surface area (Å²) in [6, 6.07) is 0. The molecule has 0 atom stereocenters. The number of nitrogens with one attached hydrogen (secondary N) is 2. The summed E-state index contributed by atoms with van der Waals surface area (Å²) in [7, 11) is 0.